The van der Waals surface area contributed by atoms with Crippen molar-refractivity contribution in [3.63, 3.8) is 0 Å². The minimum atomic E-state index is 0.516. The van der Waals surface area contributed by atoms with E-state index in [2.05, 4.69) is 50.4 Å². The maximum Gasteiger partial charge on any atom is 0.103 e. The zero-order valence-electron chi connectivity index (χ0n) is 13.4. The largest absolute Gasteiger partial charge is 0.469 e. The van der Waals surface area contributed by atoms with Crippen molar-refractivity contribution in [2.75, 3.05) is 0 Å². The molecule has 2 aromatic rings. The van der Waals surface area contributed by atoms with E-state index in [4.69, 9.17) is 4.42 Å². The van der Waals surface area contributed by atoms with Crippen molar-refractivity contribution in [2.24, 2.45) is 0 Å². The summed E-state index contributed by atoms with van der Waals surface area (Å²) in [6.45, 7) is 6.69. The van der Waals surface area contributed by atoms with Gasteiger partial charge in [0.25, 0.3) is 0 Å². The molecular formula is C19H27NO. The van der Waals surface area contributed by atoms with Crippen molar-refractivity contribution in [2.45, 2.75) is 58.5 Å². The molecule has 1 aromatic heterocycles. The van der Waals surface area contributed by atoms with Crippen LogP contribution in [-0.4, -0.2) is 12.1 Å². The van der Waals surface area contributed by atoms with Crippen LogP contribution < -0.4 is 5.32 Å². The Morgan fingerprint density at radius 2 is 1.76 bits per heavy atom. The second kappa shape index (κ2) is 8.04. The topological polar surface area (TPSA) is 25.2 Å². The van der Waals surface area contributed by atoms with Crippen molar-refractivity contribution in [1.29, 1.82) is 0 Å². The number of benzene rings is 1. The van der Waals surface area contributed by atoms with Gasteiger partial charge in [0.2, 0.25) is 0 Å². The molecule has 114 valence electrons. The molecule has 0 amide bonds. The van der Waals surface area contributed by atoms with E-state index in [1.807, 2.05) is 12.1 Å². The van der Waals surface area contributed by atoms with Gasteiger partial charge in [-0.2, -0.15) is 0 Å². The van der Waals surface area contributed by atoms with E-state index < -0.39 is 0 Å². The average molecular weight is 285 g/mol. The lowest BCUT2D eigenvalue weighted by atomic mass is 10.0. The monoisotopic (exact) mass is 285 g/mol. The first-order valence-corrected chi connectivity index (χ1v) is 7.97. The third kappa shape index (κ3) is 5.76. The number of furan rings is 1. The first kappa shape index (κ1) is 15.8. The highest BCUT2D eigenvalue weighted by Gasteiger charge is 2.08. The van der Waals surface area contributed by atoms with Crippen molar-refractivity contribution >= 4 is 0 Å². The van der Waals surface area contributed by atoms with Gasteiger partial charge in [-0.25, -0.2) is 0 Å². The summed E-state index contributed by atoms with van der Waals surface area (Å²) in [5.74, 6) is 1.08. The lowest BCUT2D eigenvalue weighted by Crippen LogP contribution is -2.35. The molecule has 2 atom stereocenters. The quantitative estimate of drug-likeness (QED) is 0.771. The molecule has 2 rings (SSSR count). The Morgan fingerprint density at radius 3 is 2.43 bits per heavy atom. The molecule has 0 aliphatic carbocycles. The molecule has 2 heteroatoms. The average Bonchev–Trinajstić information content (AvgIpc) is 2.96. The van der Waals surface area contributed by atoms with E-state index in [0.717, 1.165) is 25.0 Å². The van der Waals surface area contributed by atoms with Crippen molar-refractivity contribution < 1.29 is 4.42 Å². The SMILES string of the molecule is Cc1cccc(CCC(C)NC(C)CCc2ccco2)c1. The number of rotatable bonds is 8. The van der Waals surface area contributed by atoms with Gasteiger partial charge in [0.1, 0.15) is 5.76 Å². The van der Waals surface area contributed by atoms with E-state index in [-0.39, 0.29) is 0 Å². The predicted octanol–water partition coefficient (Wildman–Crippen LogP) is 4.52. The fraction of sp³-hybridized carbons (Fsp3) is 0.474. The highest BCUT2D eigenvalue weighted by molar-refractivity contribution is 5.22. The summed E-state index contributed by atoms with van der Waals surface area (Å²) in [6.07, 6.45) is 6.18. The smallest absolute Gasteiger partial charge is 0.103 e. The summed E-state index contributed by atoms with van der Waals surface area (Å²) >= 11 is 0. The van der Waals surface area contributed by atoms with Gasteiger partial charge in [-0.15, -0.1) is 0 Å². The van der Waals surface area contributed by atoms with Crippen LogP contribution >= 0.6 is 0 Å². The molecular weight excluding hydrogens is 258 g/mol. The lowest BCUT2D eigenvalue weighted by Gasteiger charge is -2.20. The Bertz CT molecular complexity index is 518. The Morgan fingerprint density at radius 1 is 1.00 bits per heavy atom. The molecule has 0 fully saturated rings. The molecule has 21 heavy (non-hydrogen) atoms. The lowest BCUT2D eigenvalue weighted by molar-refractivity contribution is 0.412. The third-order valence-corrected chi connectivity index (χ3v) is 3.92. The predicted molar refractivity (Wildman–Crippen MR) is 88.6 cm³/mol. The maximum atomic E-state index is 5.38. The van der Waals surface area contributed by atoms with Crippen LogP contribution in [0.4, 0.5) is 0 Å². The minimum Gasteiger partial charge on any atom is -0.469 e. The second-order valence-corrected chi connectivity index (χ2v) is 6.11. The summed E-state index contributed by atoms with van der Waals surface area (Å²) in [5.41, 5.74) is 2.78. The van der Waals surface area contributed by atoms with Gasteiger partial charge in [-0.05, 0) is 57.7 Å². The molecule has 0 aliphatic rings. The molecule has 2 unspecified atom stereocenters. The van der Waals surface area contributed by atoms with Gasteiger partial charge in [-0.3, -0.25) is 0 Å². The molecule has 0 aliphatic heterocycles. The van der Waals surface area contributed by atoms with Gasteiger partial charge in [0.05, 0.1) is 6.26 Å². The number of nitrogens with one attached hydrogen (secondary N) is 1. The van der Waals surface area contributed by atoms with Gasteiger partial charge < -0.3 is 9.73 Å². The standard InChI is InChI=1S/C19H27NO/c1-15-6-4-7-18(14-15)11-9-16(2)20-17(3)10-12-19-8-5-13-21-19/h4-8,13-14,16-17,20H,9-12H2,1-3H3. The molecule has 0 saturated heterocycles. The summed E-state index contributed by atoms with van der Waals surface area (Å²) in [4.78, 5) is 0. The molecule has 1 aromatic carbocycles. The van der Waals surface area contributed by atoms with E-state index in [0.29, 0.717) is 12.1 Å². The van der Waals surface area contributed by atoms with E-state index in [1.54, 1.807) is 6.26 Å². The second-order valence-electron chi connectivity index (χ2n) is 6.11. The van der Waals surface area contributed by atoms with E-state index >= 15 is 0 Å². The molecule has 0 radical (unpaired) electrons. The number of hydrogen-bond acceptors (Lipinski definition) is 2. The Balaban J connectivity index is 1.67. The van der Waals surface area contributed by atoms with Gasteiger partial charge in [0, 0.05) is 18.5 Å². The first-order valence-electron chi connectivity index (χ1n) is 7.97. The van der Waals surface area contributed by atoms with Gasteiger partial charge in [-0.1, -0.05) is 29.8 Å². The maximum absolute atomic E-state index is 5.38. The van der Waals surface area contributed by atoms with Crippen LogP contribution in [0.1, 0.15) is 43.6 Å². The molecule has 0 saturated carbocycles. The van der Waals surface area contributed by atoms with Crippen LogP contribution in [0.2, 0.25) is 0 Å². The van der Waals surface area contributed by atoms with Gasteiger partial charge >= 0.3 is 0 Å². The zero-order valence-corrected chi connectivity index (χ0v) is 13.4. The molecule has 0 spiro atoms. The summed E-state index contributed by atoms with van der Waals surface area (Å²) in [5, 5.41) is 3.69. The minimum absolute atomic E-state index is 0.516. The normalized spacial score (nSPS) is 14.0. The fourth-order valence-electron chi connectivity index (χ4n) is 2.72. The zero-order chi connectivity index (χ0) is 15.1. The molecule has 1 N–H and O–H groups in total. The Hall–Kier alpha value is -1.54. The van der Waals surface area contributed by atoms with Gasteiger partial charge in [0.15, 0.2) is 0 Å². The summed E-state index contributed by atoms with van der Waals surface area (Å²) in [7, 11) is 0. The van der Waals surface area contributed by atoms with Crippen LogP contribution in [-0.2, 0) is 12.8 Å². The third-order valence-electron chi connectivity index (χ3n) is 3.92. The van der Waals surface area contributed by atoms with Crippen LogP contribution in [0, 0.1) is 6.92 Å². The molecule has 2 nitrogen and oxygen atoms in total. The highest BCUT2D eigenvalue weighted by atomic mass is 16.3. The van der Waals surface area contributed by atoms with Crippen LogP contribution in [0.3, 0.4) is 0 Å². The summed E-state index contributed by atoms with van der Waals surface area (Å²) in [6, 6.07) is 13.9. The summed E-state index contributed by atoms with van der Waals surface area (Å²) < 4.78 is 5.38. The first-order chi connectivity index (χ1) is 10.1. The van der Waals surface area contributed by atoms with Crippen LogP contribution in [0.5, 0.6) is 0 Å². The van der Waals surface area contributed by atoms with Crippen molar-refractivity contribution in [3.8, 4) is 0 Å². The fourth-order valence-corrected chi connectivity index (χ4v) is 2.72. The number of aryl methyl sites for hydroxylation is 3. The van der Waals surface area contributed by atoms with E-state index in [1.165, 1.54) is 17.5 Å². The molecule has 0 bridgehead atoms. The van der Waals surface area contributed by atoms with Crippen molar-refractivity contribution in [3.05, 3.63) is 59.5 Å². The number of hydrogen-bond donors (Lipinski definition) is 1. The van der Waals surface area contributed by atoms with Crippen molar-refractivity contribution in [1.82, 2.24) is 5.32 Å². The Labute approximate surface area is 128 Å². The molecule has 1 heterocycles. The highest BCUT2D eigenvalue weighted by Crippen LogP contribution is 2.10. The van der Waals surface area contributed by atoms with Crippen LogP contribution in [0.25, 0.3) is 0 Å². The Kier molecular flexibility index (Phi) is 6.06. The van der Waals surface area contributed by atoms with E-state index in [9.17, 15) is 0 Å². The van der Waals surface area contributed by atoms with Crippen LogP contribution in [0.15, 0.2) is 47.1 Å².